The van der Waals surface area contributed by atoms with Crippen molar-refractivity contribution in [3.8, 4) is 5.75 Å². The highest BCUT2D eigenvalue weighted by Gasteiger charge is 2.57. The number of benzene rings is 2. The number of allylic oxidation sites excluding steroid dienone is 6. The molecule has 1 saturated heterocycles. The first-order valence-corrected chi connectivity index (χ1v) is 13.4. The number of ketones is 2. The lowest BCUT2D eigenvalue weighted by Gasteiger charge is -2.42. The molecule has 10 nitrogen and oxygen atoms in total. The van der Waals surface area contributed by atoms with Crippen LogP contribution in [0, 0.1) is 27.9 Å². The number of anilines is 1. The number of para-hydroxylation sites is 1. The van der Waals surface area contributed by atoms with Gasteiger partial charge < -0.3 is 9.84 Å². The Balaban J connectivity index is 1.47. The van der Waals surface area contributed by atoms with Gasteiger partial charge in [0, 0.05) is 40.3 Å². The molecule has 1 fully saturated rings. The predicted octanol–water partition coefficient (Wildman–Crippen LogP) is 3.60. The molecule has 0 bridgehead atoms. The van der Waals surface area contributed by atoms with E-state index < -0.39 is 40.4 Å². The van der Waals surface area contributed by atoms with Crippen molar-refractivity contribution < 1.29 is 33.9 Å². The molecule has 208 valence electrons. The van der Waals surface area contributed by atoms with Gasteiger partial charge in [-0.15, -0.1) is 0 Å². The van der Waals surface area contributed by atoms with Gasteiger partial charge in [0.25, 0.3) is 5.69 Å². The molecule has 4 atom stereocenters. The van der Waals surface area contributed by atoms with Crippen LogP contribution in [0.3, 0.4) is 0 Å². The number of carbonyl (C=O) groups excluding carboxylic acids is 4. The molecule has 2 aromatic carbocycles. The topological polar surface area (TPSA) is 144 Å². The average Bonchev–Trinajstić information content (AvgIpc) is 3.23. The minimum Gasteiger partial charge on any atom is -0.491 e. The molecule has 41 heavy (non-hydrogen) atoms. The minimum absolute atomic E-state index is 0.0276. The van der Waals surface area contributed by atoms with Crippen LogP contribution < -0.4 is 9.64 Å². The number of carbonyl (C=O) groups is 4. The monoisotopic (exact) mass is 554 g/mol. The third-order valence-corrected chi connectivity index (χ3v) is 8.44. The lowest BCUT2D eigenvalue weighted by molar-refractivity contribution is -0.384. The molecule has 6 rings (SSSR count). The van der Waals surface area contributed by atoms with E-state index in [-0.39, 0.29) is 49.0 Å². The van der Waals surface area contributed by atoms with Gasteiger partial charge in [-0.1, -0.05) is 35.9 Å². The molecule has 0 spiro atoms. The second kappa shape index (κ2) is 10.0. The molecule has 1 heterocycles. The van der Waals surface area contributed by atoms with Crippen molar-refractivity contribution in [1.82, 2.24) is 0 Å². The smallest absolute Gasteiger partial charge is 0.271 e. The zero-order valence-electron chi connectivity index (χ0n) is 22.1. The Morgan fingerprint density at radius 1 is 1.05 bits per heavy atom. The summed E-state index contributed by atoms with van der Waals surface area (Å²) in [5.41, 5.74) is 2.28. The van der Waals surface area contributed by atoms with Gasteiger partial charge in [0.05, 0.1) is 29.1 Å². The molecular formula is C31H26N2O8. The molecule has 0 radical (unpaired) electrons. The lowest BCUT2D eigenvalue weighted by atomic mass is 9.59. The molecule has 10 heteroatoms. The van der Waals surface area contributed by atoms with Crippen LogP contribution >= 0.6 is 0 Å². The minimum atomic E-state index is -0.807. The van der Waals surface area contributed by atoms with E-state index in [1.165, 1.54) is 30.3 Å². The summed E-state index contributed by atoms with van der Waals surface area (Å²) in [7, 11) is 0. The molecular weight excluding hydrogens is 528 g/mol. The number of amides is 2. The number of non-ortho nitro benzene ring substituents is 1. The number of fused-ring (bicyclic) bond motifs is 3. The number of nitro groups is 1. The third-order valence-electron chi connectivity index (χ3n) is 8.44. The van der Waals surface area contributed by atoms with Gasteiger partial charge in [0.1, 0.15) is 12.4 Å². The van der Waals surface area contributed by atoms with Gasteiger partial charge in [-0.3, -0.25) is 29.3 Å². The first-order valence-electron chi connectivity index (χ1n) is 13.4. The van der Waals surface area contributed by atoms with Crippen molar-refractivity contribution in [1.29, 1.82) is 0 Å². The van der Waals surface area contributed by atoms with Crippen LogP contribution in [0.2, 0.25) is 0 Å². The van der Waals surface area contributed by atoms with E-state index in [1.807, 2.05) is 6.08 Å². The van der Waals surface area contributed by atoms with Crippen LogP contribution in [0.5, 0.6) is 5.75 Å². The van der Waals surface area contributed by atoms with E-state index in [2.05, 4.69) is 0 Å². The Bertz CT molecular complexity index is 1630. The van der Waals surface area contributed by atoms with E-state index in [1.54, 1.807) is 31.2 Å². The Kier molecular flexibility index (Phi) is 6.50. The van der Waals surface area contributed by atoms with Crippen molar-refractivity contribution in [3.63, 3.8) is 0 Å². The highest BCUT2D eigenvalue weighted by Crippen LogP contribution is 2.56. The Hall–Kier alpha value is -4.70. The largest absolute Gasteiger partial charge is 0.491 e. The summed E-state index contributed by atoms with van der Waals surface area (Å²) in [6.07, 6.45) is 3.58. The summed E-state index contributed by atoms with van der Waals surface area (Å²) in [4.78, 5) is 66.3. The SMILES string of the molecule is CC1=CC(=O)C2=C(C1=O)C(c1ccccc1OCCO)C1=CCC3C(=O)N(c4cccc([N+](=O)[O-])c4)C(=O)C3C1C2. The fourth-order valence-electron chi connectivity index (χ4n) is 6.72. The van der Waals surface area contributed by atoms with Crippen molar-refractivity contribution >= 4 is 34.8 Å². The van der Waals surface area contributed by atoms with Crippen LogP contribution in [0.1, 0.15) is 31.2 Å². The van der Waals surface area contributed by atoms with Crippen molar-refractivity contribution in [3.05, 3.63) is 98.7 Å². The fourth-order valence-corrected chi connectivity index (χ4v) is 6.72. The van der Waals surface area contributed by atoms with Crippen LogP contribution in [0.25, 0.3) is 0 Å². The maximum Gasteiger partial charge on any atom is 0.271 e. The maximum atomic E-state index is 14.0. The molecule has 3 aliphatic carbocycles. The summed E-state index contributed by atoms with van der Waals surface area (Å²) in [6.45, 7) is 1.41. The first kappa shape index (κ1) is 26.5. The number of ether oxygens (including phenoxy) is 1. The van der Waals surface area contributed by atoms with Gasteiger partial charge in [-0.05, 0) is 43.9 Å². The maximum absolute atomic E-state index is 14.0. The van der Waals surface area contributed by atoms with E-state index in [4.69, 9.17) is 4.74 Å². The van der Waals surface area contributed by atoms with Gasteiger partial charge >= 0.3 is 0 Å². The molecule has 4 unspecified atom stereocenters. The van der Waals surface area contributed by atoms with Crippen LogP contribution in [0.4, 0.5) is 11.4 Å². The van der Waals surface area contributed by atoms with Crippen molar-refractivity contribution in [2.75, 3.05) is 18.1 Å². The lowest BCUT2D eigenvalue weighted by Crippen LogP contribution is -2.40. The summed E-state index contributed by atoms with van der Waals surface area (Å²) in [6, 6.07) is 12.5. The standard InChI is InChI=1S/C31H26N2O8/c1-16-13-24(35)23-15-22-19(26(28(23)29(16)36)20-7-2-3-8-25(20)41-12-11-34)9-10-21-27(22)31(38)32(30(21)37)17-5-4-6-18(14-17)33(39)40/h2-9,13-14,21-22,26-27,34H,10-12,15H2,1H3. The second-order valence-corrected chi connectivity index (χ2v) is 10.6. The summed E-state index contributed by atoms with van der Waals surface area (Å²) in [5, 5.41) is 20.7. The number of hydrogen-bond donors (Lipinski definition) is 1. The van der Waals surface area contributed by atoms with Crippen molar-refractivity contribution in [2.45, 2.75) is 25.7 Å². The number of Topliss-reactive ketones (excluding diaryl/α,β-unsaturated/α-hetero) is 1. The van der Waals surface area contributed by atoms with Crippen LogP contribution in [0.15, 0.2) is 83.0 Å². The van der Waals surface area contributed by atoms with Gasteiger partial charge in [0.2, 0.25) is 11.8 Å². The predicted molar refractivity (Wildman–Crippen MR) is 146 cm³/mol. The normalized spacial score (nSPS) is 25.4. The molecule has 1 N–H and O–H groups in total. The van der Waals surface area contributed by atoms with E-state index in [0.29, 0.717) is 28.0 Å². The number of hydrogen-bond acceptors (Lipinski definition) is 8. The molecule has 0 aromatic heterocycles. The number of nitro benzene ring substituents is 1. The average molecular weight is 555 g/mol. The second-order valence-electron chi connectivity index (χ2n) is 10.6. The highest BCUT2D eigenvalue weighted by atomic mass is 16.6. The Labute approximate surface area is 234 Å². The fraction of sp³-hybridized carbons (Fsp3) is 0.290. The van der Waals surface area contributed by atoms with Crippen LogP contribution in [-0.2, 0) is 19.2 Å². The van der Waals surface area contributed by atoms with E-state index >= 15 is 0 Å². The van der Waals surface area contributed by atoms with E-state index in [0.717, 1.165) is 10.5 Å². The number of imide groups is 1. The highest BCUT2D eigenvalue weighted by molar-refractivity contribution is 6.25. The molecule has 2 amide bonds. The number of rotatable bonds is 6. The zero-order chi connectivity index (χ0) is 29.0. The van der Waals surface area contributed by atoms with Gasteiger partial charge in [-0.25, -0.2) is 4.90 Å². The van der Waals surface area contributed by atoms with Crippen LogP contribution in [-0.4, -0.2) is 46.6 Å². The van der Waals surface area contributed by atoms with Crippen molar-refractivity contribution in [2.24, 2.45) is 17.8 Å². The Morgan fingerprint density at radius 3 is 2.59 bits per heavy atom. The number of aliphatic hydroxyl groups excluding tert-OH is 1. The summed E-state index contributed by atoms with van der Waals surface area (Å²) in [5.74, 6) is -3.78. The molecule has 4 aliphatic rings. The number of nitrogens with zero attached hydrogens (tertiary/aromatic N) is 2. The summed E-state index contributed by atoms with van der Waals surface area (Å²) < 4.78 is 5.82. The van der Waals surface area contributed by atoms with Gasteiger partial charge in [-0.2, -0.15) is 0 Å². The molecule has 0 saturated carbocycles. The first-order chi connectivity index (χ1) is 19.7. The third kappa shape index (κ3) is 4.13. The van der Waals surface area contributed by atoms with E-state index in [9.17, 15) is 34.4 Å². The van der Waals surface area contributed by atoms with Gasteiger partial charge in [0.15, 0.2) is 11.6 Å². The Morgan fingerprint density at radius 2 is 1.83 bits per heavy atom. The summed E-state index contributed by atoms with van der Waals surface area (Å²) >= 11 is 0. The quantitative estimate of drug-likeness (QED) is 0.188. The molecule has 2 aromatic rings. The molecule has 1 aliphatic heterocycles. The zero-order valence-corrected chi connectivity index (χ0v) is 22.1. The number of aliphatic hydroxyl groups is 1.